The summed E-state index contributed by atoms with van der Waals surface area (Å²) in [6.45, 7) is 6.01. The molecule has 2 aromatic rings. The van der Waals surface area contributed by atoms with Crippen molar-refractivity contribution in [2.45, 2.75) is 25.5 Å². The topological polar surface area (TPSA) is 68.5 Å². The summed E-state index contributed by atoms with van der Waals surface area (Å²) in [5.74, 6) is 1.36. The lowest BCUT2D eigenvalue weighted by molar-refractivity contribution is 0.158. The van der Waals surface area contributed by atoms with Gasteiger partial charge in [-0.05, 0) is 43.5 Å². The van der Waals surface area contributed by atoms with E-state index in [0.717, 1.165) is 17.7 Å². The van der Waals surface area contributed by atoms with Crippen molar-refractivity contribution in [2.75, 3.05) is 25.4 Å². The van der Waals surface area contributed by atoms with E-state index in [2.05, 4.69) is 36.2 Å². The standard InChI is InChI=1S/C16H19N3O3S/c1-11-4-5-13(10-12(11)2)14-17-18-15(22-14)23-9-3-6-19-7-8-21-16(19)20/h4-5,10H,3,6-9H2,1-2H3. The predicted octanol–water partition coefficient (Wildman–Crippen LogP) is 3.29. The minimum atomic E-state index is -0.218. The van der Waals surface area contributed by atoms with Crippen molar-refractivity contribution in [2.24, 2.45) is 0 Å². The van der Waals surface area contributed by atoms with Gasteiger partial charge in [0, 0.05) is 17.9 Å². The number of hydrogen-bond acceptors (Lipinski definition) is 6. The van der Waals surface area contributed by atoms with Crippen molar-refractivity contribution in [3.8, 4) is 11.5 Å². The van der Waals surface area contributed by atoms with E-state index in [1.807, 2.05) is 6.07 Å². The molecule has 6 nitrogen and oxygen atoms in total. The van der Waals surface area contributed by atoms with E-state index < -0.39 is 0 Å². The molecule has 2 heterocycles. The molecule has 0 radical (unpaired) electrons. The van der Waals surface area contributed by atoms with Gasteiger partial charge in [0.1, 0.15) is 6.61 Å². The van der Waals surface area contributed by atoms with E-state index in [4.69, 9.17) is 9.15 Å². The quantitative estimate of drug-likeness (QED) is 0.597. The van der Waals surface area contributed by atoms with Gasteiger partial charge in [-0.1, -0.05) is 17.8 Å². The summed E-state index contributed by atoms with van der Waals surface area (Å²) in [6, 6.07) is 6.09. The first-order chi connectivity index (χ1) is 11.1. The number of amides is 1. The van der Waals surface area contributed by atoms with Gasteiger partial charge in [0.25, 0.3) is 5.22 Å². The van der Waals surface area contributed by atoms with Crippen LogP contribution in [0.15, 0.2) is 27.8 Å². The summed E-state index contributed by atoms with van der Waals surface area (Å²) < 4.78 is 10.6. The van der Waals surface area contributed by atoms with Crippen molar-refractivity contribution >= 4 is 17.9 Å². The minimum Gasteiger partial charge on any atom is -0.448 e. The Balaban J connectivity index is 1.51. The van der Waals surface area contributed by atoms with Crippen LogP contribution in [-0.4, -0.2) is 46.6 Å². The zero-order chi connectivity index (χ0) is 16.2. The molecule has 122 valence electrons. The number of ether oxygens (including phenoxy) is 1. The predicted molar refractivity (Wildman–Crippen MR) is 87.5 cm³/mol. The largest absolute Gasteiger partial charge is 0.448 e. The fraction of sp³-hybridized carbons (Fsp3) is 0.438. The number of carbonyl (C=O) groups is 1. The SMILES string of the molecule is Cc1ccc(-c2nnc(SCCCN3CCOC3=O)o2)cc1C. The number of carbonyl (C=O) groups excluding carboxylic acids is 1. The number of nitrogens with zero attached hydrogens (tertiary/aromatic N) is 3. The highest BCUT2D eigenvalue weighted by atomic mass is 32.2. The molecule has 0 spiro atoms. The van der Waals surface area contributed by atoms with Crippen molar-refractivity contribution in [3.63, 3.8) is 0 Å². The molecule has 1 aromatic heterocycles. The molecule has 1 saturated heterocycles. The molecule has 1 aromatic carbocycles. The Bertz CT molecular complexity index is 702. The van der Waals surface area contributed by atoms with Gasteiger partial charge in [-0.3, -0.25) is 0 Å². The van der Waals surface area contributed by atoms with Crippen LogP contribution in [0.4, 0.5) is 4.79 Å². The highest BCUT2D eigenvalue weighted by Gasteiger charge is 2.20. The van der Waals surface area contributed by atoms with E-state index in [1.165, 1.54) is 22.9 Å². The zero-order valence-electron chi connectivity index (χ0n) is 13.2. The molecule has 1 aliphatic rings. The molecule has 1 fully saturated rings. The molecule has 7 heteroatoms. The van der Waals surface area contributed by atoms with Crippen molar-refractivity contribution in [1.29, 1.82) is 0 Å². The summed E-state index contributed by atoms with van der Waals surface area (Å²) in [5, 5.41) is 8.73. The van der Waals surface area contributed by atoms with Crippen LogP contribution in [0.25, 0.3) is 11.5 Å². The number of benzene rings is 1. The molecule has 0 bridgehead atoms. The van der Waals surface area contributed by atoms with Gasteiger partial charge < -0.3 is 14.1 Å². The fourth-order valence-corrected chi connectivity index (χ4v) is 2.99. The number of aromatic nitrogens is 2. The van der Waals surface area contributed by atoms with E-state index >= 15 is 0 Å². The molecule has 0 N–H and O–H groups in total. The third-order valence-corrected chi connectivity index (χ3v) is 4.71. The van der Waals surface area contributed by atoms with Gasteiger partial charge in [-0.2, -0.15) is 0 Å². The summed E-state index contributed by atoms with van der Waals surface area (Å²) in [5.41, 5.74) is 3.38. The average molecular weight is 333 g/mol. The third-order valence-electron chi connectivity index (χ3n) is 3.80. The second-order valence-electron chi connectivity index (χ2n) is 5.48. The van der Waals surface area contributed by atoms with Gasteiger partial charge in [0.2, 0.25) is 5.89 Å². The molecular weight excluding hydrogens is 314 g/mol. The lowest BCUT2D eigenvalue weighted by Crippen LogP contribution is -2.25. The smallest absolute Gasteiger partial charge is 0.409 e. The number of aryl methyl sites for hydroxylation is 2. The van der Waals surface area contributed by atoms with Gasteiger partial charge in [0.05, 0.1) is 6.54 Å². The van der Waals surface area contributed by atoms with Gasteiger partial charge in [-0.15, -0.1) is 10.2 Å². The van der Waals surface area contributed by atoms with Crippen molar-refractivity contribution in [1.82, 2.24) is 15.1 Å². The van der Waals surface area contributed by atoms with Gasteiger partial charge in [0.15, 0.2) is 0 Å². The molecule has 3 rings (SSSR count). The molecule has 1 aliphatic heterocycles. The molecule has 0 atom stereocenters. The normalized spacial score (nSPS) is 14.3. The van der Waals surface area contributed by atoms with Crippen LogP contribution < -0.4 is 0 Å². The summed E-state index contributed by atoms with van der Waals surface area (Å²) in [7, 11) is 0. The lowest BCUT2D eigenvalue weighted by Gasteiger charge is -2.10. The lowest BCUT2D eigenvalue weighted by atomic mass is 10.1. The van der Waals surface area contributed by atoms with Gasteiger partial charge in [-0.25, -0.2) is 4.79 Å². The Morgan fingerprint density at radius 2 is 2.13 bits per heavy atom. The van der Waals surface area contributed by atoms with E-state index in [-0.39, 0.29) is 6.09 Å². The molecule has 1 amide bonds. The Morgan fingerprint density at radius 1 is 1.26 bits per heavy atom. The Hall–Kier alpha value is -2.02. The van der Waals surface area contributed by atoms with Crippen LogP contribution in [0.5, 0.6) is 0 Å². The third kappa shape index (κ3) is 3.85. The first kappa shape index (κ1) is 15.9. The highest BCUT2D eigenvalue weighted by molar-refractivity contribution is 7.99. The Labute approximate surface area is 139 Å². The Kier molecular flexibility index (Phi) is 4.85. The first-order valence-corrected chi connectivity index (χ1v) is 8.57. The number of thioether (sulfide) groups is 1. The number of cyclic esters (lactones) is 1. The fourth-order valence-electron chi connectivity index (χ4n) is 2.30. The number of hydrogen-bond donors (Lipinski definition) is 0. The number of rotatable bonds is 6. The van der Waals surface area contributed by atoms with Crippen LogP contribution in [0.2, 0.25) is 0 Å². The van der Waals surface area contributed by atoms with E-state index in [9.17, 15) is 4.79 Å². The van der Waals surface area contributed by atoms with Crippen LogP contribution in [0.3, 0.4) is 0 Å². The molecule has 0 saturated carbocycles. The van der Waals surface area contributed by atoms with Crippen molar-refractivity contribution < 1.29 is 13.9 Å². The highest BCUT2D eigenvalue weighted by Crippen LogP contribution is 2.25. The monoisotopic (exact) mass is 333 g/mol. The summed E-state index contributed by atoms with van der Waals surface area (Å²) >= 11 is 1.51. The van der Waals surface area contributed by atoms with Gasteiger partial charge >= 0.3 is 6.09 Å². The molecule has 0 unspecified atom stereocenters. The average Bonchev–Trinajstić information content (AvgIpc) is 3.16. The second kappa shape index (κ2) is 7.04. The maximum atomic E-state index is 11.3. The van der Waals surface area contributed by atoms with Crippen LogP contribution in [0.1, 0.15) is 17.5 Å². The molecular formula is C16H19N3O3S. The minimum absolute atomic E-state index is 0.218. The van der Waals surface area contributed by atoms with Crippen LogP contribution >= 0.6 is 11.8 Å². The van der Waals surface area contributed by atoms with Crippen LogP contribution in [0, 0.1) is 13.8 Å². The summed E-state index contributed by atoms with van der Waals surface area (Å²) in [6.07, 6.45) is 0.644. The van der Waals surface area contributed by atoms with Crippen molar-refractivity contribution in [3.05, 3.63) is 29.3 Å². The maximum absolute atomic E-state index is 11.3. The van der Waals surface area contributed by atoms with Crippen LogP contribution in [-0.2, 0) is 4.74 Å². The molecule has 0 aliphatic carbocycles. The van der Waals surface area contributed by atoms with E-state index in [1.54, 1.807) is 4.90 Å². The second-order valence-corrected chi connectivity index (χ2v) is 6.52. The van der Waals surface area contributed by atoms with E-state index in [0.29, 0.717) is 30.8 Å². The maximum Gasteiger partial charge on any atom is 0.409 e. The first-order valence-electron chi connectivity index (χ1n) is 7.59. The molecule has 23 heavy (non-hydrogen) atoms. The summed E-state index contributed by atoms with van der Waals surface area (Å²) in [4.78, 5) is 13.0. The zero-order valence-corrected chi connectivity index (χ0v) is 14.1. The Morgan fingerprint density at radius 3 is 2.87 bits per heavy atom.